The normalized spacial score (nSPS) is 10.8. The Morgan fingerprint density at radius 2 is 1.72 bits per heavy atom. The van der Waals surface area contributed by atoms with Gasteiger partial charge in [0.2, 0.25) is 0 Å². The average molecular weight is 432 g/mol. The van der Waals surface area contributed by atoms with Crippen molar-refractivity contribution in [3.63, 3.8) is 0 Å². The highest BCUT2D eigenvalue weighted by molar-refractivity contribution is 6.22. The van der Waals surface area contributed by atoms with Crippen LogP contribution in [0.1, 0.15) is 11.1 Å². The lowest BCUT2D eigenvalue weighted by Gasteiger charge is -2.11. The van der Waals surface area contributed by atoms with Gasteiger partial charge < -0.3 is 14.8 Å². The highest BCUT2D eigenvalue weighted by atomic mass is 16.6. The SMILES string of the molecule is COc1ccccc1/C=C(/C(=O)OCC(=O)Nc1cccc([N+](=O)[O-])c1)c1ccccc1. The predicted octanol–water partition coefficient (Wildman–Crippen LogP) is 4.33. The van der Waals surface area contributed by atoms with E-state index < -0.39 is 23.4 Å². The van der Waals surface area contributed by atoms with E-state index in [0.717, 1.165) is 0 Å². The number of hydrogen-bond donors (Lipinski definition) is 1. The first-order valence-electron chi connectivity index (χ1n) is 9.59. The molecule has 0 atom stereocenters. The number of nitrogens with one attached hydrogen (secondary N) is 1. The van der Waals surface area contributed by atoms with Gasteiger partial charge in [0, 0.05) is 23.4 Å². The summed E-state index contributed by atoms with van der Waals surface area (Å²) in [5, 5.41) is 13.3. The van der Waals surface area contributed by atoms with Crippen LogP contribution in [0.4, 0.5) is 11.4 Å². The number of esters is 1. The lowest BCUT2D eigenvalue weighted by Crippen LogP contribution is -2.21. The minimum Gasteiger partial charge on any atom is -0.496 e. The summed E-state index contributed by atoms with van der Waals surface area (Å²) in [7, 11) is 1.53. The van der Waals surface area contributed by atoms with E-state index >= 15 is 0 Å². The molecule has 0 aliphatic heterocycles. The molecule has 162 valence electrons. The quantitative estimate of drug-likeness (QED) is 0.187. The van der Waals surface area contributed by atoms with Gasteiger partial charge in [-0.25, -0.2) is 4.79 Å². The molecule has 32 heavy (non-hydrogen) atoms. The molecule has 0 unspecified atom stereocenters. The summed E-state index contributed by atoms with van der Waals surface area (Å²) in [4.78, 5) is 35.4. The topological polar surface area (TPSA) is 108 Å². The van der Waals surface area contributed by atoms with E-state index in [2.05, 4.69) is 5.32 Å². The number of carbonyl (C=O) groups is 2. The number of anilines is 1. The van der Waals surface area contributed by atoms with Crippen molar-refractivity contribution in [1.29, 1.82) is 0 Å². The Bertz CT molecular complexity index is 1160. The van der Waals surface area contributed by atoms with Crippen molar-refractivity contribution in [3.8, 4) is 5.75 Å². The molecular formula is C24H20N2O6. The molecule has 8 heteroatoms. The van der Waals surface area contributed by atoms with Crippen molar-refractivity contribution in [3.05, 3.63) is 100 Å². The fourth-order valence-corrected chi connectivity index (χ4v) is 2.92. The van der Waals surface area contributed by atoms with Crippen LogP contribution >= 0.6 is 0 Å². The van der Waals surface area contributed by atoms with Crippen molar-refractivity contribution >= 4 is 34.9 Å². The van der Waals surface area contributed by atoms with Gasteiger partial charge in [-0.2, -0.15) is 0 Å². The molecule has 3 aromatic carbocycles. The van der Waals surface area contributed by atoms with Gasteiger partial charge >= 0.3 is 5.97 Å². The summed E-state index contributed by atoms with van der Waals surface area (Å²) in [5.74, 6) is -0.739. The van der Waals surface area contributed by atoms with Crippen molar-refractivity contribution < 1.29 is 24.0 Å². The molecule has 0 fully saturated rings. The maximum Gasteiger partial charge on any atom is 0.339 e. The molecule has 3 aromatic rings. The Hall–Kier alpha value is -4.46. The number of hydrogen-bond acceptors (Lipinski definition) is 6. The molecule has 0 heterocycles. The molecule has 0 spiro atoms. The van der Waals surface area contributed by atoms with E-state index in [0.29, 0.717) is 16.9 Å². The zero-order valence-electron chi connectivity index (χ0n) is 17.2. The number of carbonyl (C=O) groups excluding carboxylic acids is 2. The minimum atomic E-state index is -0.698. The fourth-order valence-electron chi connectivity index (χ4n) is 2.92. The van der Waals surface area contributed by atoms with Crippen LogP contribution in [-0.2, 0) is 14.3 Å². The molecule has 1 N–H and O–H groups in total. The number of non-ortho nitro benzene ring substituents is 1. The summed E-state index contributed by atoms with van der Waals surface area (Å²) in [6.45, 7) is -0.558. The fraction of sp³-hybridized carbons (Fsp3) is 0.0833. The van der Waals surface area contributed by atoms with E-state index in [-0.39, 0.29) is 16.9 Å². The van der Waals surface area contributed by atoms with Crippen molar-refractivity contribution in [2.75, 3.05) is 19.0 Å². The standard InChI is InChI=1S/C24H20N2O6/c1-31-22-13-6-5-10-18(22)14-21(17-8-3-2-4-9-17)24(28)32-16-23(27)25-19-11-7-12-20(15-19)26(29)30/h2-15H,16H2,1H3,(H,25,27)/b21-14+. The Balaban J connectivity index is 1.76. The van der Waals surface area contributed by atoms with E-state index in [1.165, 1.54) is 31.4 Å². The number of nitro benzene ring substituents is 1. The zero-order chi connectivity index (χ0) is 22.9. The molecule has 0 aliphatic rings. The molecule has 3 rings (SSSR count). The summed E-state index contributed by atoms with van der Waals surface area (Å²) in [5.41, 5.74) is 1.60. The third-order valence-corrected chi connectivity index (χ3v) is 4.42. The zero-order valence-corrected chi connectivity index (χ0v) is 17.2. The van der Waals surface area contributed by atoms with Gasteiger partial charge in [-0.1, -0.05) is 54.6 Å². The van der Waals surface area contributed by atoms with Crippen LogP contribution in [-0.4, -0.2) is 30.5 Å². The van der Waals surface area contributed by atoms with Crippen LogP contribution in [0.5, 0.6) is 5.75 Å². The molecule has 0 radical (unpaired) electrons. The molecule has 0 bridgehead atoms. The Morgan fingerprint density at radius 1 is 1.00 bits per heavy atom. The molecule has 8 nitrogen and oxygen atoms in total. The highest BCUT2D eigenvalue weighted by Crippen LogP contribution is 2.25. The molecular weight excluding hydrogens is 412 g/mol. The summed E-state index contributed by atoms with van der Waals surface area (Å²) in [6, 6.07) is 21.6. The summed E-state index contributed by atoms with van der Waals surface area (Å²) < 4.78 is 10.6. The smallest absolute Gasteiger partial charge is 0.339 e. The second-order valence-electron chi connectivity index (χ2n) is 6.60. The van der Waals surface area contributed by atoms with Gasteiger partial charge in [-0.15, -0.1) is 0 Å². The van der Waals surface area contributed by atoms with E-state index in [4.69, 9.17) is 9.47 Å². The van der Waals surface area contributed by atoms with Gasteiger partial charge in [0.15, 0.2) is 6.61 Å². The maximum absolute atomic E-state index is 12.8. The van der Waals surface area contributed by atoms with Gasteiger partial charge in [-0.05, 0) is 23.8 Å². The highest BCUT2D eigenvalue weighted by Gasteiger charge is 2.17. The Kier molecular flexibility index (Phi) is 7.32. The molecule has 0 aromatic heterocycles. The average Bonchev–Trinajstić information content (AvgIpc) is 2.82. The number of nitro groups is 1. The molecule has 0 saturated heterocycles. The van der Waals surface area contributed by atoms with Gasteiger partial charge in [0.1, 0.15) is 5.75 Å². The van der Waals surface area contributed by atoms with Crippen LogP contribution in [0.2, 0.25) is 0 Å². The van der Waals surface area contributed by atoms with Crippen molar-refractivity contribution in [2.24, 2.45) is 0 Å². The van der Waals surface area contributed by atoms with Crippen LogP contribution in [0, 0.1) is 10.1 Å². The third kappa shape index (κ3) is 5.79. The van der Waals surface area contributed by atoms with Crippen molar-refractivity contribution in [2.45, 2.75) is 0 Å². The van der Waals surface area contributed by atoms with Crippen LogP contribution < -0.4 is 10.1 Å². The van der Waals surface area contributed by atoms with E-state index in [1.807, 2.05) is 18.2 Å². The first-order valence-corrected chi connectivity index (χ1v) is 9.59. The second-order valence-corrected chi connectivity index (χ2v) is 6.60. The summed E-state index contributed by atoms with van der Waals surface area (Å²) >= 11 is 0. The van der Waals surface area contributed by atoms with Gasteiger partial charge in [0.05, 0.1) is 17.6 Å². The number of benzene rings is 3. The van der Waals surface area contributed by atoms with Crippen LogP contribution in [0.15, 0.2) is 78.9 Å². The third-order valence-electron chi connectivity index (χ3n) is 4.42. The number of methoxy groups -OCH3 is 1. The monoisotopic (exact) mass is 432 g/mol. The maximum atomic E-state index is 12.8. The van der Waals surface area contributed by atoms with E-state index in [9.17, 15) is 19.7 Å². The molecule has 0 saturated carbocycles. The Morgan fingerprint density at radius 3 is 2.44 bits per heavy atom. The number of amides is 1. The van der Waals surface area contributed by atoms with Crippen LogP contribution in [0.25, 0.3) is 11.6 Å². The molecule has 0 aliphatic carbocycles. The summed E-state index contributed by atoms with van der Waals surface area (Å²) in [6.07, 6.45) is 1.63. The predicted molar refractivity (Wildman–Crippen MR) is 120 cm³/mol. The Labute approximate surface area is 184 Å². The number of rotatable bonds is 8. The minimum absolute atomic E-state index is 0.161. The van der Waals surface area contributed by atoms with Crippen molar-refractivity contribution in [1.82, 2.24) is 0 Å². The first kappa shape index (κ1) is 22.2. The van der Waals surface area contributed by atoms with Crippen LogP contribution in [0.3, 0.4) is 0 Å². The van der Waals surface area contributed by atoms with Gasteiger partial charge in [0.25, 0.3) is 11.6 Å². The number of para-hydroxylation sites is 1. The lowest BCUT2D eigenvalue weighted by atomic mass is 10.0. The largest absolute Gasteiger partial charge is 0.496 e. The molecule has 1 amide bonds. The number of nitrogens with zero attached hydrogens (tertiary/aromatic N) is 1. The van der Waals surface area contributed by atoms with E-state index in [1.54, 1.807) is 42.5 Å². The lowest BCUT2D eigenvalue weighted by molar-refractivity contribution is -0.384. The first-order chi connectivity index (χ1) is 15.5. The number of ether oxygens (including phenoxy) is 2. The second kappa shape index (κ2) is 10.5. The van der Waals surface area contributed by atoms with Gasteiger partial charge in [-0.3, -0.25) is 14.9 Å².